The van der Waals surface area contributed by atoms with Crippen LogP contribution in [0.1, 0.15) is 11.9 Å². The highest BCUT2D eigenvalue weighted by Gasteiger charge is 2.00. The van der Waals surface area contributed by atoms with Crippen molar-refractivity contribution in [1.82, 2.24) is 10.4 Å². The number of nitrogens with two attached hydrogens (primary N) is 2. The summed E-state index contributed by atoms with van der Waals surface area (Å²) in [6.07, 6.45) is 1.30. The molecule has 1 atom stereocenters. The van der Waals surface area contributed by atoms with Crippen molar-refractivity contribution in [2.24, 2.45) is 11.6 Å². The Kier molecular flexibility index (Phi) is 2.33. The van der Waals surface area contributed by atoms with Gasteiger partial charge in [-0.2, -0.15) is 0 Å². The number of pyridine rings is 1. The van der Waals surface area contributed by atoms with Crippen LogP contribution >= 0.6 is 0 Å². The molecule has 0 aliphatic rings. The summed E-state index contributed by atoms with van der Waals surface area (Å²) in [7, 11) is 0. The smallest absolute Gasteiger partial charge is 0.111 e. The normalized spacial score (nSPS) is 13.0. The van der Waals surface area contributed by atoms with Gasteiger partial charge in [0.1, 0.15) is 6.17 Å². The van der Waals surface area contributed by atoms with Gasteiger partial charge >= 0.3 is 0 Å². The molecule has 0 aliphatic carbocycles. The zero-order valence-electron chi connectivity index (χ0n) is 5.49. The van der Waals surface area contributed by atoms with E-state index in [9.17, 15) is 0 Å². The molecule has 1 aromatic rings. The summed E-state index contributed by atoms with van der Waals surface area (Å²) in [5, 5.41) is 0. The van der Waals surface area contributed by atoms with Gasteiger partial charge in [-0.15, -0.1) is 0 Å². The van der Waals surface area contributed by atoms with Crippen molar-refractivity contribution in [2.75, 3.05) is 0 Å². The molecule has 0 aliphatic heterocycles. The van der Waals surface area contributed by atoms with Crippen LogP contribution in [0.15, 0.2) is 24.4 Å². The topological polar surface area (TPSA) is 77.0 Å². The Balaban J connectivity index is 2.75. The predicted octanol–water partition coefficient (Wildman–Crippen LogP) is -0.498. The highest BCUT2D eigenvalue weighted by molar-refractivity contribution is 5.06. The number of aromatic nitrogens is 1. The Morgan fingerprint density at radius 3 is 2.80 bits per heavy atom. The van der Waals surface area contributed by atoms with Crippen LogP contribution in [-0.2, 0) is 0 Å². The van der Waals surface area contributed by atoms with Gasteiger partial charge in [0.2, 0.25) is 0 Å². The summed E-state index contributed by atoms with van der Waals surface area (Å²) in [6.45, 7) is 0. The number of hydrogen-bond acceptors (Lipinski definition) is 4. The fourth-order valence-electron chi connectivity index (χ4n) is 0.645. The lowest BCUT2D eigenvalue weighted by Gasteiger charge is -2.07. The number of nitrogens with zero attached hydrogens (tertiary/aromatic N) is 1. The lowest BCUT2D eigenvalue weighted by atomic mass is 10.3. The molecule has 0 saturated heterocycles. The zero-order chi connectivity index (χ0) is 7.40. The molecule has 1 heterocycles. The van der Waals surface area contributed by atoms with E-state index in [4.69, 9.17) is 11.6 Å². The Labute approximate surface area is 59.2 Å². The third kappa shape index (κ3) is 1.51. The van der Waals surface area contributed by atoms with Crippen LogP contribution < -0.4 is 17.0 Å². The molecule has 0 aromatic carbocycles. The highest BCUT2D eigenvalue weighted by Crippen LogP contribution is 1.99. The first-order chi connectivity index (χ1) is 4.84. The van der Waals surface area contributed by atoms with Gasteiger partial charge in [-0.1, -0.05) is 6.07 Å². The van der Waals surface area contributed by atoms with E-state index < -0.39 is 0 Å². The summed E-state index contributed by atoms with van der Waals surface area (Å²) in [6, 6.07) is 5.50. The van der Waals surface area contributed by atoms with Crippen molar-refractivity contribution in [3.05, 3.63) is 30.1 Å². The van der Waals surface area contributed by atoms with E-state index in [0.29, 0.717) is 0 Å². The Hall–Kier alpha value is -0.970. The number of hydrogen-bond donors (Lipinski definition) is 3. The molecule has 0 unspecified atom stereocenters. The number of hydrazine groups is 1. The van der Waals surface area contributed by atoms with Crippen LogP contribution in [0.25, 0.3) is 0 Å². The molecule has 4 nitrogen and oxygen atoms in total. The number of rotatable bonds is 2. The fraction of sp³-hybridized carbons (Fsp3) is 0.167. The van der Waals surface area contributed by atoms with Crippen LogP contribution in [0.4, 0.5) is 0 Å². The molecule has 0 radical (unpaired) electrons. The van der Waals surface area contributed by atoms with E-state index in [1.807, 2.05) is 18.2 Å². The second-order valence-electron chi connectivity index (χ2n) is 1.90. The third-order valence-electron chi connectivity index (χ3n) is 1.19. The summed E-state index contributed by atoms with van der Waals surface area (Å²) < 4.78 is 0. The maximum atomic E-state index is 5.50. The third-order valence-corrected chi connectivity index (χ3v) is 1.19. The van der Waals surface area contributed by atoms with Crippen LogP contribution in [0.2, 0.25) is 0 Å². The van der Waals surface area contributed by atoms with Gasteiger partial charge in [-0.05, 0) is 12.1 Å². The minimum atomic E-state index is -0.374. The average Bonchev–Trinajstić information content (AvgIpc) is 2.05. The molecular weight excluding hydrogens is 128 g/mol. The fourth-order valence-corrected chi connectivity index (χ4v) is 0.645. The molecule has 0 bridgehead atoms. The maximum absolute atomic E-state index is 5.50. The molecule has 0 amide bonds. The van der Waals surface area contributed by atoms with E-state index in [-0.39, 0.29) is 6.17 Å². The highest BCUT2D eigenvalue weighted by atomic mass is 15.3. The van der Waals surface area contributed by atoms with Gasteiger partial charge in [0, 0.05) is 6.20 Å². The molecule has 54 valence electrons. The largest absolute Gasteiger partial charge is 0.310 e. The van der Waals surface area contributed by atoms with Crippen molar-refractivity contribution in [3.8, 4) is 0 Å². The van der Waals surface area contributed by atoms with Gasteiger partial charge in [-0.3, -0.25) is 10.8 Å². The number of nitrogens with one attached hydrogen (secondary N) is 1. The minimum Gasteiger partial charge on any atom is -0.310 e. The quantitative estimate of drug-likeness (QED) is 0.292. The summed E-state index contributed by atoms with van der Waals surface area (Å²) in [4.78, 5) is 3.98. The standard InChI is InChI=1S/C6H10N4/c7-6(10-8)5-3-1-2-4-9-5/h1-4,6,10H,7-8H2/t6-/m1/s1. The van der Waals surface area contributed by atoms with E-state index in [1.54, 1.807) is 6.20 Å². The molecular formula is C6H10N4. The lowest BCUT2D eigenvalue weighted by Crippen LogP contribution is -2.34. The molecule has 0 fully saturated rings. The maximum Gasteiger partial charge on any atom is 0.111 e. The van der Waals surface area contributed by atoms with Crippen LogP contribution in [0.3, 0.4) is 0 Å². The first kappa shape index (κ1) is 7.14. The first-order valence-corrected chi connectivity index (χ1v) is 2.97. The molecule has 4 heteroatoms. The molecule has 1 rings (SSSR count). The van der Waals surface area contributed by atoms with Crippen LogP contribution in [0.5, 0.6) is 0 Å². The van der Waals surface area contributed by atoms with Gasteiger partial charge in [0.05, 0.1) is 5.69 Å². The monoisotopic (exact) mass is 138 g/mol. The molecule has 0 saturated carbocycles. The molecule has 1 aromatic heterocycles. The van der Waals surface area contributed by atoms with Crippen LogP contribution in [0, 0.1) is 0 Å². The SMILES string of the molecule is NN[C@@H](N)c1ccccn1. The van der Waals surface area contributed by atoms with Crippen molar-refractivity contribution in [1.29, 1.82) is 0 Å². The van der Waals surface area contributed by atoms with Gasteiger partial charge in [0.15, 0.2) is 0 Å². The second-order valence-corrected chi connectivity index (χ2v) is 1.90. The van der Waals surface area contributed by atoms with Gasteiger partial charge < -0.3 is 5.73 Å². The van der Waals surface area contributed by atoms with Crippen molar-refractivity contribution in [3.63, 3.8) is 0 Å². The van der Waals surface area contributed by atoms with Gasteiger partial charge in [-0.25, -0.2) is 5.43 Å². The average molecular weight is 138 g/mol. The Bertz CT molecular complexity index is 186. The van der Waals surface area contributed by atoms with Crippen molar-refractivity contribution >= 4 is 0 Å². The Morgan fingerprint density at radius 2 is 2.30 bits per heavy atom. The minimum absolute atomic E-state index is 0.374. The zero-order valence-corrected chi connectivity index (χ0v) is 5.49. The molecule has 5 N–H and O–H groups in total. The first-order valence-electron chi connectivity index (χ1n) is 2.97. The summed E-state index contributed by atoms with van der Waals surface area (Å²) in [5.74, 6) is 5.09. The van der Waals surface area contributed by atoms with E-state index in [1.165, 1.54) is 0 Å². The second kappa shape index (κ2) is 3.26. The van der Waals surface area contributed by atoms with Gasteiger partial charge in [0.25, 0.3) is 0 Å². The van der Waals surface area contributed by atoms with E-state index in [2.05, 4.69) is 10.4 Å². The van der Waals surface area contributed by atoms with Crippen molar-refractivity contribution < 1.29 is 0 Å². The summed E-state index contributed by atoms with van der Waals surface area (Å²) in [5.41, 5.74) is 8.63. The Morgan fingerprint density at radius 1 is 1.50 bits per heavy atom. The molecule has 0 spiro atoms. The lowest BCUT2D eigenvalue weighted by molar-refractivity contribution is 0.562. The summed E-state index contributed by atoms with van der Waals surface area (Å²) >= 11 is 0. The molecule has 10 heavy (non-hydrogen) atoms. The van der Waals surface area contributed by atoms with Crippen molar-refractivity contribution in [2.45, 2.75) is 6.17 Å². The van der Waals surface area contributed by atoms with E-state index >= 15 is 0 Å². The van der Waals surface area contributed by atoms with E-state index in [0.717, 1.165) is 5.69 Å². The predicted molar refractivity (Wildman–Crippen MR) is 38.5 cm³/mol. The van der Waals surface area contributed by atoms with Crippen LogP contribution in [-0.4, -0.2) is 4.98 Å².